The summed E-state index contributed by atoms with van der Waals surface area (Å²) in [6.45, 7) is 8.32. The standard InChI is InChI=1S/C13H22O2/c1-5-9-10-11-12(14)13(6-2,7-3)15-8-4/h6-8,10-11H2,1-4H3. The van der Waals surface area contributed by atoms with E-state index in [4.69, 9.17) is 4.74 Å². The van der Waals surface area contributed by atoms with Crippen LogP contribution in [-0.2, 0) is 9.53 Å². The van der Waals surface area contributed by atoms with Crippen LogP contribution in [-0.4, -0.2) is 18.0 Å². The molecule has 0 spiro atoms. The Hall–Kier alpha value is -0.810. The van der Waals surface area contributed by atoms with Gasteiger partial charge in [0.15, 0.2) is 5.78 Å². The van der Waals surface area contributed by atoms with Gasteiger partial charge in [0.05, 0.1) is 0 Å². The van der Waals surface area contributed by atoms with E-state index in [-0.39, 0.29) is 5.78 Å². The highest BCUT2D eigenvalue weighted by Crippen LogP contribution is 2.23. The van der Waals surface area contributed by atoms with Crippen molar-refractivity contribution in [3.8, 4) is 11.8 Å². The zero-order chi connectivity index (χ0) is 11.7. The van der Waals surface area contributed by atoms with Crippen molar-refractivity contribution in [1.29, 1.82) is 0 Å². The maximum absolute atomic E-state index is 12.0. The van der Waals surface area contributed by atoms with Crippen LogP contribution in [0, 0.1) is 11.8 Å². The van der Waals surface area contributed by atoms with Gasteiger partial charge in [-0.15, -0.1) is 11.8 Å². The molecular formula is C13H22O2. The summed E-state index contributed by atoms with van der Waals surface area (Å²) in [7, 11) is 0. The molecule has 0 aromatic carbocycles. The molecule has 0 fully saturated rings. The predicted molar refractivity (Wildman–Crippen MR) is 62.6 cm³/mol. The fraction of sp³-hybridized carbons (Fsp3) is 0.769. The molecule has 2 heteroatoms. The smallest absolute Gasteiger partial charge is 0.165 e. The molecule has 0 bridgehead atoms. The summed E-state index contributed by atoms with van der Waals surface area (Å²) in [5.74, 6) is 5.91. The third-order valence-corrected chi connectivity index (χ3v) is 2.72. The third-order valence-electron chi connectivity index (χ3n) is 2.72. The largest absolute Gasteiger partial charge is 0.368 e. The van der Waals surface area contributed by atoms with Crippen LogP contribution >= 0.6 is 0 Å². The van der Waals surface area contributed by atoms with Crippen LogP contribution in [0.3, 0.4) is 0 Å². The van der Waals surface area contributed by atoms with Gasteiger partial charge in [0.25, 0.3) is 0 Å². The zero-order valence-corrected chi connectivity index (χ0v) is 10.4. The highest BCUT2D eigenvalue weighted by molar-refractivity contribution is 5.87. The Labute approximate surface area is 93.4 Å². The zero-order valence-electron chi connectivity index (χ0n) is 10.4. The lowest BCUT2D eigenvalue weighted by atomic mass is 9.89. The average molecular weight is 210 g/mol. The van der Waals surface area contributed by atoms with E-state index in [1.54, 1.807) is 6.92 Å². The summed E-state index contributed by atoms with van der Waals surface area (Å²) >= 11 is 0. The number of carbonyl (C=O) groups excluding carboxylic acids is 1. The van der Waals surface area contributed by atoms with E-state index in [9.17, 15) is 4.79 Å². The molecule has 0 aromatic heterocycles. The molecule has 0 unspecified atom stereocenters. The second-order valence-electron chi connectivity index (χ2n) is 3.48. The number of ether oxygens (including phenoxy) is 1. The van der Waals surface area contributed by atoms with Crippen LogP contribution in [0.25, 0.3) is 0 Å². The van der Waals surface area contributed by atoms with Gasteiger partial charge in [0.2, 0.25) is 0 Å². The molecule has 0 aliphatic rings. The van der Waals surface area contributed by atoms with E-state index in [2.05, 4.69) is 11.8 Å². The monoisotopic (exact) mass is 210 g/mol. The summed E-state index contributed by atoms with van der Waals surface area (Å²) in [6.07, 6.45) is 2.64. The van der Waals surface area contributed by atoms with Gasteiger partial charge in [-0.3, -0.25) is 4.79 Å². The lowest BCUT2D eigenvalue weighted by Gasteiger charge is -2.29. The van der Waals surface area contributed by atoms with E-state index in [1.807, 2.05) is 20.8 Å². The van der Waals surface area contributed by atoms with Crippen LogP contribution in [0.5, 0.6) is 0 Å². The molecule has 0 atom stereocenters. The van der Waals surface area contributed by atoms with Gasteiger partial charge in [0.1, 0.15) is 5.60 Å². The Morgan fingerprint density at radius 3 is 2.27 bits per heavy atom. The predicted octanol–water partition coefficient (Wildman–Crippen LogP) is 2.95. The molecule has 15 heavy (non-hydrogen) atoms. The van der Waals surface area contributed by atoms with E-state index in [0.29, 0.717) is 19.4 Å². The number of rotatable bonds is 7. The molecule has 0 aliphatic heterocycles. The quantitative estimate of drug-likeness (QED) is 0.604. The summed E-state index contributed by atoms with van der Waals surface area (Å²) in [5.41, 5.74) is -0.565. The first kappa shape index (κ1) is 14.2. The molecule has 0 heterocycles. The molecule has 0 amide bonds. The van der Waals surface area contributed by atoms with Gasteiger partial charge >= 0.3 is 0 Å². The highest BCUT2D eigenvalue weighted by Gasteiger charge is 2.34. The first-order chi connectivity index (χ1) is 7.16. The first-order valence-corrected chi connectivity index (χ1v) is 5.73. The second kappa shape index (κ2) is 7.48. The number of Topliss-reactive ketones (excluding diaryl/α,β-unsaturated/α-hetero) is 1. The molecule has 86 valence electrons. The maximum atomic E-state index is 12.0. The maximum Gasteiger partial charge on any atom is 0.165 e. The van der Waals surface area contributed by atoms with E-state index < -0.39 is 5.60 Å². The second-order valence-corrected chi connectivity index (χ2v) is 3.48. The van der Waals surface area contributed by atoms with Crippen molar-refractivity contribution in [3.63, 3.8) is 0 Å². The molecule has 0 aromatic rings. The van der Waals surface area contributed by atoms with E-state index >= 15 is 0 Å². The number of hydrogen-bond donors (Lipinski definition) is 0. The van der Waals surface area contributed by atoms with Crippen molar-refractivity contribution in [2.24, 2.45) is 0 Å². The van der Waals surface area contributed by atoms with Gasteiger partial charge < -0.3 is 4.74 Å². The summed E-state index contributed by atoms with van der Waals surface area (Å²) in [5, 5.41) is 0. The van der Waals surface area contributed by atoms with Gasteiger partial charge in [-0.05, 0) is 26.7 Å². The molecular weight excluding hydrogens is 188 g/mol. The molecule has 0 rings (SSSR count). The number of ketones is 1. The van der Waals surface area contributed by atoms with Crippen LogP contribution in [0.1, 0.15) is 53.4 Å². The molecule has 0 saturated carbocycles. The van der Waals surface area contributed by atoms with Crippen molar-refractivity contribution >= 4 is 5.78 Å². The highest BCUT2D eigenvalue weighted by atomic mass is 16.5. The summed E-state index contributed by atoms with van der Waals surface area (Å²) < 4.78 is 5.62. The van der Waals surface area contributed by atoms with Gasteiger partial charge in [0, 0.05) is 19.4 Å². The number of hydrogen-bond acceptors (Lipinski definition) is 2. The van der Waals surface area contributed by atoms with Crippen molar-refractivity contribution in [1.82, 2.24) is 0 Å². The SMILES string of the molecule is CC#CCCC(=O)C(CC)(CC)OCC. The van der Waals surface area contributed by atoms with E-state index in [0.717, 1.165) is 12.8 Å². The topological polar surface area (TPSA) is 26.3 Å². The average Bonchev–Trinajstić information content (AvgIpc) is 2.26. The Bertz CT molecular complexity index is 241. The Morgan fingerprint density at radius 1 is 1.27 bits per heavy atom. The van der Waals surface area contributed by atoms with Crippen LogP contribution < -0.4 is 0 Å². The molecule has 0 saturated heterocycles. The minimum absolute atomic E-state index is 0.192. The number of carbonyl (C=O) groups is 1. The fourth-order valence-corrected chi connectivity index (χ4v) is 1.73. The Balaban J connectivity index is 4.44. The van der Waals surface area contributed by atoms with Gasteiger partial charge in [-0.1, -0.05) is 13.8 Å². The van der Waals surface area contributed by atoms with Crippen molar-refractivity contribution in [2.45, 2.75) is 59.0 Å². The lowest BCUT2D eigenvalue weighted by Crippen LogP contribution is -2.40. The van der Waals surface area contributed by atoms with Gasteiger partial charge in [-0.2, -0.15) is 0 Å². The van der Waals surface area contributed by atoms with Crippen LogP contribution in [0.2, 0.25) is 0 Å². The van der Waals surface area contributed by atoms with Gasteiger partial charge in [-0.25, -0.2) is 0 Å². The molecule has 0 N–H and O–H groups in total. The third kappa shape index (κ3) is 4.05. The lowest BCUT2D eigenvalue weighted by molar-refractivity contribution is -0.145. The van der Waals surface area contributed by atoms with Crippen molar-refractivity contribution < 1.29 is 9.53 Å². The minimum Gasteiger partial charge on any atom is -0.368 e. The first-order valence-electron chi connectivity index (χ1n) is 5.73. The van der Waals surface area contributed by atoms with Crippen molar-refractivity contribution in [3.05, 3.63) is 0 Å². The molecule has 2 nitrogen and oxygen atoms in total. The minimum atomic E-state index is -0.565. The Morgan fingerprint density at radius 2 is 1.87 bits per heavy atom. The normalized spacial score (nSPS) is 10.7. The summed E-state index contributed by atoms with van der Waals surface area (Å²) in [6, 6.07) is 0. The Kier molecular flexibility index (Phi) is 7.07. The van der Waals surface area contributed by atoms with E-state index in [1.165, 1.54) is 0 Å². The van der Waals surface area contributed by atoms with Crippen LogP contribution in [0.4, 0.5) is 0 Å². The van der Waals surface area contributed by atoms with Crippen molar-refractivity contribution in [2.75, 3.05) is 6.61 Å². The van der Waals surface area contributed by atoms with Crippen LogP contribution in [0.15, 0.2) is 0 Å². The molecule has 0 aliphatic carbocycles. The molecule has 0 radical (unpaired) electrons. The fourth-order valence-electron chi connectivity index (χ4n) is 1.73. The summed E-state index contributed by atoms with van der Waals surface area (Å²) in [4.78, 5) is 12.0.